The molecule has 0 aliphatic carbocycles. The van der Waals surface area contributed by atoms with Crippen molar-refractivity contribution in [2.24, 2.45) is 5.92 Å². The number of fused-ring (bicyclic) bond motifs is 1. The molecular formula is C12H16N2O. The van der Waals surface area contributed by atoms with Gasteiger partial charge in [-0.25, -0.2) is 0 Å². The molecule has 2 rings (SSSR count). The number of nitrogens with one attached hydrogen (secondary N) is 2. The Bertz CT molecular complexity index is 376. The Hall–Kier alpha value is -1.51. The molecule has 0 spiro atoms. The van der Waals surface area contributed by atoms with Crippen molar-refractivity contribution in [3.8, 4) is 0 Å². The fourth-order valence-corrected chi connectivity index (χ4v) is 1.80. The quantitative estimate of drug-likeness (QED) is 0.777. The van der Waals surface area contributed by atoms with E-state index in [1.807, 2.05) is 24.3 Å². The van der Waals surface area contributed by atoms with Crippen LogP contribution >= 0.6 is 0 Å². The molecule has 1 aliphatic heterocycles. The van der Waals surface area contributed by atoms with E-state index in [2.05, 4.69) is 24.5 Å². The second kappa shape index (κ2) is 3.93. The first-order valence-corrected chi connectivity index (χ1v) is 5.38. The molecule has 1 aromatic carbocycles. The average Bonchev–Trinajstić information content (AvgIpc) is 2.27. The fourth-order valence-electron chi connectivity index (χ4n) is 1.80. The van der Waals surface area contributed by atoms with E-state index in [4.69, 9.17) is 0 Å². The maximum Gasteiger partial charge on any atom is 0.247 e. The van der Waals surface area contributed by atoms with Crippen LogP contribution in [0.2, 0.25) is 0 Å². The van der Waals surface area contributed by atoms with Crippen LogP contribution in [0.4, 0.5) is 11.4 Å². The van der Waals surface area contributed by atoms with Gasteiger partial charge in [-0.05, 0) is 18.1 Å². The highest BCUT2D eigenvalue weighted by Crippen LogP contribution is 2.28. The van der Waals surface area contributed by atoms with Crippen LogP contribution in [0.15, 0.2) is 24.3 Å². The third kappa shape index (κ3) is 1.82. The van der Waals surface area contributed by atoms with E-state index < -0.39 is 0 Å². The van der Waals surface area contributed by atoms with E-state index in [0.29, 0.717) is 5.92 Å². The zero-order valence-electron chi connectivity index (χ0n) is 9.08. The number of amides is 1. The summed E-state index contributed by atoms with van der Waals surface area (Å²) in [6, 6.07) is 7.68. The zero-order valence-corrected chi connectivity index (χ0v) is 9.08. The molecular weight excluding hydrogens is 188 g/mol. The molecule has 0 saturated heterocycles. The molecule has 0 fully saturated rings. The first-order valence-electron chi connectivity index (χ1n) is 5.38. The van der Waals surface area contributed by atoms with E-state index >= 15 is 0 Å². The van der Waals surface area contributed by atoms with Crippen molar-refractivity contribution in [1.82, 2.24) is 0 Å². The Balaban J connectivity index is 2.26. The van der Waals surface area contributed by atoms with Crippen LogP contribution in [0.25, 0.3) is 0 Å². The van der Waals surface area contributed by atoms with Crippen LogP contribution in [0.3, 0.4) is 0 Å². The molecule has 0 saturated carbocycles. The molecule has 0 bridgehead atoms. The van der Waals surface area contributed by atoms with Gasteiger partial charge in [0.1, 0.15) is 6.04 Å². The summed E-state index contributed by atoms with van der Waals surface area (Å²) in [5.41, 5.74) is 1.89. The van der Waals surface area contributed by atoms with Gasteiger partial charge in [0.2, 0.25) is 5.91 Å². The molecule has 80 valence electrons. The number of carbonyl (C=O) groups is 1. The van der Waals surface area contributed by atoms with Crippen molar-refractivity contribution in [3.63, 3.8) is 0 Å². The second-order valence-electron chi connectivity index (χ2n) is 4.04. The van der Waals surface area contributed by atoms with Gasteiger partial charge in [-0.1, -0.05) is 32.4 Å². The summed E-state index contributed by atoms with van der Waals surface area (Å²) in [6.45, 7) is 4.19. The Morgan fingerprint density at radius 1 is 1.33 bits per heavy atom. The molecule has 1 aliphatic rings. The second-order valence-corrected chi connectivity index (χ2v) is 4.04. The van der Waals surface area contributed by atoms with Gasteiger partial charge in [-0.2, -0.15) is 0 Å². The summed E-state index contributed by atoms with van der Waals surface area (Å²) >= 11 is 0. The monoisotopic (exact) mass is 204 g/mol. The molecule has 1 amide bonds. The Labute approximate surface area is 89.9 Å². The number of carbonyl (C=O) groups excluding carboxylic acids is 1. The van der Waals surface area contributed by atoms with Crippen molar-refractivity contribution in [2.45, 2.75) is 26.3 Å². The minimum Gasteiger partial charge on any atom is -0.372 e. The maximum absolute atomic E-state index is 11.8. The summed E-state index contributed by atoms with van der Waals surface area (Å²) in [5.74, 6) is 0.418. The lowest BCUT2D eigenvalue weighted by atomic mass is 9.96. The van der Waals surface area contributed by atoms with Crippen LogP contribution in [0.1, 0.15) is 20.3 Å². The molecule has 1 heterocycles. The van der Waals surface area contributed by atoms with Gasteiger partial charge in [0.25, 0.3) is 0 Å². The largest absolute Gasteiger partial charge is 0.372 e. The number of hydrogen-bond donors (Lipinski definition) is 2. The molecule has 1 aromatic rings. The fraction of sp³-hybridized carbons (Fsp3) is 0.417. The lowest BCUT2D eigenvalue weighted by molar-refractivity contribution is -0.118. The molecule has 3 nitrogen and oxygen atoms in total. The molecule has 1 unspecified atom stereocenters. The maximum atomic E-state index is 11.8. The Morgan fingerprint density at radius 3 is 2.67 bits per heavy atom. The molecule has 3 heteroatoms. The molecule has 0 aromatic heterocycles. The van der Waals surface area contributed by atoms with Crippen molar-refractivity contribution in [3.05, 3.63) is 24.3 Å². The Kier molecular flexibility index (Phi) is 2.62. The average molecular weight is 204 g/mol. The van der Waals surface area contributed by atoms with Crippen molar-refractivity contribution >= 4 is 17.3 Å². The van der Waals surface area contributed by atoms with Gasteiger partial charge < -0.3 is 10.6 Å². The molecule has 2 atom stereocenters. The molecule has 2 N–H and O–H groups in total. The summed E-state index contributed by atoms with van der Waals surface area (Å²) in [6.07, 6.45) is 0.993. The number of para-hydroxylation sites is 2. The van der Waals surface area contributed by atoms with Crippen LogP contribution < -0.4 is 10.6 Å². The third-order valence-electron chi connectivity index (χ3n) is 2.99. The minimum atomic E-state index is -0.107. The van der Waals surface area contributed by atoms with Gasteiger partial charge in [0.15, 0.2) is 0 Å². The number of hydrogen-bond acceptors (Lipinski definition) is 2. The van der Waals surface area contributed by atoms with Gasteiger partial charge in [0.05, 0.1) is 11.4 Å². The van der Waals surface area contributed by atoms with Crippen molar-refractivity contribution in [2.75, 3.05) is 10.6 Å². The first kappa shape index (κ1) is 10.0. The first-order chi connectivity index (χ1) is 7.22. The van der Waals surface area contributed by atoms with Crippen molar-refractivity contribution in [1.29, 1.82) is 0 Å². The standard InChI is InChI=1S/C12H16N2O/c1-3-8(2)11-12(15)14-10-7-5-4-6-9(10)13-11/h4-8,11,13H,3H2,1-2H3,(H,14,15)/t8?,11-/m0/s1. The normalized spacial score (nSPS) is 21.2. The predicted octanol–water partition coefficient (Wildman–Crippen LogP) is 2.47. The van der Waals surface area contributed by atoms with E-state index in [-0.39, 0.29) is 11.9 Å². The smallest absolute Gasteiger partial charge is 0.247 e. The van der Waals surface area contributed by atoms with Crippen LogP contribution in [0.5, 0.6) is 0 Å². The number of benzene rings is 1. The topological polar surface area (TPSA) is 41.1 Å². The van der Waals surface area contributed by atoms with Gasteiger partial charge >= 0.3 is 0 Å². The highest BCUT2D eigenvalue weighted by atomic mass is 16.2. The summed E-state index contributed by atoms with van der Waals surface area (Å²) in [7, 11) is 0. The molecule has 15 heavy (non-hydrogen) atoms. The Morgan fingerprint density at radius 2 is 2.00 bits per heavy atom. The number of rotatable bonds is 2. The molecule has 0 radical (unpaired) electrons. The van der Waals surface area contributed by atoms with Crippen LogP contribution in [-0.4, -0.2) is 11.9 Å². The van der Waals surface area contributed by atoms with Crippen LogP contribution in [-0.2, 0) is 4.79 Å². The summed E-state index contributed by atoms with van der Waals surface area (Å²) < 4.78 is 0. The van der Waals surface area contributed by atoms with Gasteiger partial charge in [-0.3, -0.25) is 4.79 Å². The SMILES string of the molecule is CCC(C)[C@@H]1Nc2ccccc2NC1=O. The lowest BCUT2D eigenvalue weighted by Gasteiger charge is -2.30. The van der Waals surface area contributed by atoms with Crippen molar-refractivity contribution < 1.29 is 4.79 Å². The van der Waals surface area contributed by atoms with Crippen LogP contribution in [0, 0.1) is 5.92 Å². The van der Waals surface area contributed by atoms with E-state index in [9.17, 15) is 4.79 Å². The predicted molar refractivity (Wildman–Crippen MR) is 61.9 cm³/mol. The summed E-state index contributed by atoms with van der Waals surface area (Å²) in [4.78, 5) is 11.8. The van der Waals surface area contributed by atoms with E-state index in [0.717, 1.165) is 17.8 Å². The van der Waals surface area contributed by atoms with Gasteiger partial charge in [-0.15, -0.1) is 0 Å². The highest BCUT2D eigenvalue weighted by Gasteiger charge is 2.28. The van der Waals surface area contributed by atoms with Gasteiger partial charge in [0, 0.05) is 0 Å². The minimum absolute atomic E-state index is 0.0723. The van der Waals surface area contributed by atoms with E-state index in [1.54, 1.807) is 0 Å². The third-order valence-corrected chi connectivity index (χ3v) is 2.99. The number of anilines is 2. The highest BCUT2D eigenvalue weighted by molar-refractivity contribution is 6.03. The summed E-state index contributed by atoms with van der Waals surface area (Å²) in [5, 5.41) is 6.21. The lowest BCUT2D eigenvalue weighted by Crippen LogP contribution is -2.43. The zero-order chi connectivity index (χ0) is 10.8. The van der Waals surface area contributed by atoms with E-state index in [1.165, 1.54) is 0 Å².